The second kappa shape index (κ2) is 4.67. The molecule has 0 saturated carbocycles. The number of hydrogen-bond donors (Lipinski definition) is 3. The minimum absolute atomic E-state index is 0.273. The molecule has 0 heterocycles. The highest BCUT2D eigenvalue weighted by atomic mass is 16.5. The smallest absolute Gasteiger partial charge is 0.250 e. The Hall–Kier alpha value is -2.69. The first kappa shape index (κ1) is 11.8. The highest BCUT2D eigenvalue weighted by Gasteiger charge is 2.07. The molecule has 0 aromatic heterocycles. The fourth-order valence-corrected chi connectivity index (χ4v) is 1.54. The Balaban J connectivity index is 2.25. The summed E-state index contributed by atoms with van der Waals surface area (Å²) in [5.41, 5.74) is 17.7. The van der Waals surface area contributed by atoms with Crippen LogP contribution >= 0.6 is 0 Å². The van der Waals surface area contributed by atoms with Gasteiger partial charge in [-0.2, -0.15) is 0 Å². The molecule has 0 unspecified atom stereocenters. The highest BCUT2D eigenvalue weighted by Crippen LogP contribution is 2.26. The maximum absolute atomic E-state index is 11.0. The van der Waals surface area contributed by atoms with Gasteiger partial charge in [-0.3, -0.25) is 4.79 Å². The minimum Gasteiger partial charge on any atom is -0.457 e. The molecule has 0 saturated heterocycles. The molecule has 6 N–H and O–H groups in total. The van der Waals surface area contributed by atoms with Crippen molar-refractivity contribution in [2.45, 2.75) is 0 Å². The quantitative estimate of drug-likeness (QED) is 0.714. The Labute approximate surface area is 104 Å². The number of anilines is 2. The van der Waals surface area contributed by atoms with E-state index in [9.17, 15) is 4.79 Å². The summed E-state index contributed by atoms with van der Waals surface area (Å²) in [6.45, 7) is 0. The molecule has 0 fully saturated rings. The molecule has 2 rings (SSSR count). The predicted octanol–water partition coefficient (Wildman–Crippen LogP) is 1.74. The molecule has 0 aliphatic rings. The van der Waals surface area contributed by atoms with E-state index in [0.717, 1.165) is 0 Å². The summed E-state index contributed by atoms with van der Waals surface area (Å²) in [6, 6.07) is 11.7. The fourth-order valence-electron chi connectivity index (χ4n) is 1.54. The van der Waals surface area contributed by atoms with Gasteiger partial charge in [0.25, 0.3) is 5.91 Å². The molecule has 0 atom stereocenters. The topological polar surface area (TPSA) is 104 Å². The summed E-state index contributed by atoms with van der Waals surface area (Å²) in [5, 5.41) is 0. The van der Waals surface area contributed by atoms with Gasteiger partial charge in [0.2, 0.25) is 0 Å². The van der Waals surface area contributed by atoms with Gasteiger partial charge in [-0.25, -0.2) is 0 Å². The summed E-state index contributed by atoms with van der Waals surface area (Å²) in [6.07, 6.45) is 0. The zero-order chi connectivity index (χ0) is 13.1. The molecule has 2 aromatic rings. The van der Waals surface area contributed by atoms with E-state index in [4.69, 9.17) is 21.9 Å². The predicted molar refractivity (Wildman–Crippen MR) is 70.3 cm³/mol. The van der Waals surface area contributed by atoms with Crippen LogP contribution in [-0.4, -0.2) is 5.91 Å². The van der Waals surface area contributed by atoms with Crippen molar-refractivity contribution in [1.29, 1.82) is 0 Å². The van der Waals surface area contributed by atoms with Gasteiger partial charge >= 0.3 is 0 Å². The van der Waals surface area contributed by atoms with Crippen molar-refractivity contribution in [3.8, 4) is 11.5 Å². The van der Waals surface area contributed by atoms with Gasteiger partial charge in [0.05, 0.1) is 5.56 Å². The van der Waals surface area contributed by atoms with Gasteiger partial charge in [-0.15, -0.1) is 0 Å². The lowest BCUT2D eigenvalue weighted by atomic mass is 10.1. The zero-order valence-electron chi connectivity index (χ0n) is 9.59. The second-order valence-corrected chi connectivity index (χ2v) is 3.79. The van der Waals surface area contributed by atoms with Crippen LogP contribution in [0.5, 0.6) is 11.5 Å². The van der Waals surface area contributed by atoms with Crippen LogP contribution in [0.1, 0.15) is 10.4 Å². The van der Waals surface area contributed by atoms with E-state index in [1.165, 1.54) is 6.07 Å². The number of nitrogen functional groups attached to an aromatic ring is 2. The highest BCUT2D eigenvalue weighted by molar-refractivity contribution is 5.98. The number of hydrogen-bond acceptors (Lipinski definition) is 4. The van der Waals surface area contributed by atoms with Crippen LogP contribution in [0.2, 0.25) is 0 Å². The molecule has 1 amide bonds. The first-order valence-electron chi connectivity index (χ1n) is 5.29. The Morgan fingerprint density at radius 1 is 1.00 bits per heavy atom. The average Bonchev–Trinajstić information content (AvgIpc) is 2.28. The van der Waals surface area contributed by atoms with E-state index >= 15 is 0 Å². The van der Waals surface area contributed by atoms with Crippen molar-refractivity contribution in [1.82, 2.24) is 0 Å². The number of ether oxygens (including phenoxy) is 1. The molecular formula is C13H13N3O2. The van der Waals surface area contributed by atoms with Crippen molar-refractivity contribution in [3.63, 3.8) is 0 Å². The molecule has 0 radical (unpaired) electrons. The first-order valence-corrected chi connectivity index (χ1v) is 5.29. The summed E-state index contributed by atoms with van der Waals surface area (Å²) in [4.78, 5) is 11.0. The molecular weight excluding hydrogens is 230 g/mol. The van der Waals surface area contributed by atoms with Crippen LogP contribution in [0.15, 0.2) is 42.5 Å². The number of amides is 1. The molecule has 0 aliphatic heterocycles. The van der Waals surface area contributed by atoms with Gasteiger partial charge in [0.15, 0.2) is 0 Å². The number of rotatable bonds is 3. The summed E-state index contributed by atoms with van der Waals surface area (Å²) < 4.78 is 5.56. The third kappa shape index (κ3) is 2.52. The van der Waals surface area contributed by atoms with Crippen LogP contribution in [0, 0.1) is 0 Å². The molecule has 5 heteroatoms. The van der Waals surface area contributed by atoms with E-state index in [-0.39, 0.29) is 11.3 Å². The largest absolute Gasteiger partial charge is 0.457 e. The maximum Gasteiger partial charge on any atom is 0.250 e. The van der Waals surface area contributed by atoms with Crippen molar-refractivity contribution in [3.05, 3.63) is 48.0 Å². The first-order chi connectivity index (χ1) is 8.56. The molecule has 18 heavy (non-hydrogen) atoms. The van der Waals surface area contributed by atoms with E-state index < -0.39 is 5.91 Å². The Kier molecular flexibility index (Phi) is 3.05. The standard InChI is InChI=1S/C13H13N3O2/c14-8-2-1-3-9(6-8)18-10-4-5-11(13(16)17)12(15)7-10/h1-7H,14-15H2,(H2,16,17). The van der Waals surface area contributed by atoms with Crippen LogP contribution in [-0.2, 0) is 0 Å². The lowest BCUT2D eigenvalue weighted by molar-refractivity contribution is 0.100. The average molecular weight is 243 g/mol. The second-order valence-electron chi connectivity index (χ2n) is 3.79. The summed E-state index contributed by atoms with van der Waals surface area (Å²) in [5.74, 6) is 0.548. The molecule has 0 bridgehead atoms. The van der Waals surface area contributed by atoms with Crippen LogP contribution in [0.3, 0.4) is 0 Å². The van der Waals surface area contributed by atoms with E-state index in [1.807, 2.05) is 0 Å². The molecule has 2 aromatic carbocycles. The summed E-state index contributed by atoms with van der Waals surface area (Å²) in [7, 11) is 0. The third-order valence-corrected chi connectivity index (χ3v) is 2.38. The number of nitrogens with two attached hydrogens (primary N) is 3. The maximum atomic E-state index is 11.0. The lowest BCUT2D eigenvalue weighted by Gasteiger charge is -2.08. The lowest BCUT2D eigenvalue weighted by Crippen LogP contribution is -2.13. The van der Waals surface area contributed by atoms with Gasteiger partial charge in [0.1, 0.15) is 11.5 Å². The van der Waals surface area contributed by atoms with E-state index in [2.05, 4.69) is 0 Å². The van der Waals surface area contributed by atoms with Crippen molar-refractivity contribution >= 4 is 17.3 Å². The van der Waals surface area contributed by atoms with Crippen LogP contribution in [0.25, 0.3) is 0 Å². The summed E-state index contributed by atoms with van der Waals surface area (Å²) >= 11 is 0. The number of benzene rings is 2. The van der Waals surface area contributed by atoms with Gasteiger partial charge in [-0.05, 0) is 24.3 Å². The minimum atomic E-state index is -0.567. The fraction of sp³-hybridized carbons (Fsp3) is 0. The van der Waals surface area contributed by atoms with Crippen LogP contribution < -0.4 is 21.9 Å². The Morgan fingerprint density at radius 2 is 1.72 bits per heavy atom. The number of carbonyl (C=O) groups is 1. The molecule has 0 spiro atoms. The van der Waals surface area contributed by atoms with Crippen molar-refractivity contribution in [2.75, 3.05) is 11.5 Å². The Morgan fingerprint density at radius 3 is 2.33 bits per heavy atom. The van der Waals surface area contributed by atoms with E-state index in [1.54, 1.807) is 36.4 Å². The Bertz CT molecular complexity index is 597. The normalized spacial score (nSPS) is 10.0. The van der Waals surface area contributed by atoms with E-state index in [0.29, 0.717) is 17.2 Å². The van der Waals surface area contributed by atoms with Crippen molar-refractivity contribution < 1.29 is 9.53 Å². The van der Waals surface area contributed by atoms with Gasteiger partial charge < -0.3 is 21.9 Å². The SMILES string of the molecule is NC(=O)c1ccc(Oc2cccc(N)c2)cc1N. The molecule has 5 nitrogen and oxygen atoms in total. The number of primary amides is 1. The van der Waals surface area contributed by atoms with Gasteiger partial charge in [-0.1, -0.05) is 6.07 Å². The number of carbonyl (C=O) groups excluding carboxylic acids is 1. The molecule has 92 valence electrons. The van der Waals surface area contributed by atoms with Crippen LogP contribution in [0.4, 0.5) is 11.4 Å². The zero-order valence-corrected chi connectivity index (χ0v) is 9.59. The van der Waals surface area contributed by atoms with Crippen molar-refractivity contribution in [2.24, 2.45) is 5.73 Å². The third-order valence-electron chi connectivity index (χ3n) is 2.38. The molecule has 0 aliphatic carbocycles. The van der Waals surface area contributed by atoms with Gasteiger partial charge in [0, 0.05) is 23.5 Å². The monoisotopic (exact) mass is 243 g/mol.